The molecule has 0 atom stereocenters. The molecule has 0 saturated carbocycles. The number of sulfonamides is 1. The Hall–Kier alpha value is -2.07. The first-order valence-electron chi connectivity index (χ1n) is 7.17. The van der Waals surface area contributed by atoms with Gasteiger partial charge in [0, 0.05) is 24.2 Å². The van der Waals surface area contributed by atoms with Gasteiger partial charge in [0.25, 0.3) is 0 Å². The average molecular weight is 361 g/mol. The van der Waals surface area contributed by atoms with Crippen LogP contribution in [0.4, 0.5) is 8.78 Å². The van der Waals surface area contributed by atoms with Crippen molar-refractivity contribution in [3.8, 4) is 0 Å². The zero-order chi connectivity index (χ0) is 17.9. The second-order valence-electron chi connectivity index (χ2n) is 5.32. The smallest absolute Gasteiger partial charge is 0.392 e. The highest BCUT2D eigenvalue weighted by atomic mass is 32.2. The van der Waals surface area contributed by atoms with Gasteiger partial charge in [-0.3, -0.25) is 0 Å². The number of nitrogens with zero attached hydrogens (tertiary/aromatic N) is 2. The Balaban J connectivity index is 2.27. The van der Waals surface area contributed by atoms with E-state index in [1.165, 1.54) is 0 Å². The van der Waals surface area contributed by atoms with Crippen LogP contribution in [0, 0.1) is 11.6 Å². The van der Waals surface area contributed by atoms with Crippen LogP contribution in [0.15, 0.2) is 21.3 Å². The lowest BCUT2D eigenvalue weighted by Crippen LogP contribution is -2.30. The van der Waals surface area contributed by atoms with Crippen molar-refractivity contribution in [2.45, 2.75) is 26.3 Å². The van der Waals surface area contributed by atoms with Crippen molar-refractivity contribution in [3.63, 3.8) is 0 Å². The SMILES string of the molecule is CCCN(Cc1cc(F)c(Cc2n[nH]c(=O)o2)cc1F)S(C)(=O)=O. The van der Waals surface area contributed by atoms with Gasteiger partial charge in [-0.25, -0.2) is 27.1 Å². The van der Waals surface area contributed by atoms with Gasteiger partial charge in [0.1, 0.15) is 11.6 Å². The quantitative estimate of drug-likeness (QED) is 0.804. The molecule has 0 saturated heterocycles. The molecule has 0 aliphatic heterocycles. The van der Waals surface area contributed by atoms with Gasteiger partial charge in [-0.2, -0.15) is 4.31 Å². The van der Waals surface area contributed by atoms with Crippen LogP contribution in [0.2, 0.25) is 0 Å². The van der Waals surface area contributed by atoms with Crippen molar-refractivity contribution in [3.05, 3.63) is 51.3 Å². The first-order valence-corrected chi connectivity index (χ1v) is 9.01. The van der Waals surface area contributed by atoms with Crippen LogP contribution in [0.25, 0.3) is 0 Å². The minimum Gasteiger partial charge on any atom is -0.392 e. The number of aromatic nitrogens is 2. The van der Waals surface area contributed by atoms with Crippen molar-refractivity contribution >= 4 is 10.0 Å². The topological polar surface area (TPSA) is 96.3 Å². The summed E-state index contributed by atoms with van der Waals surface area (Å²) in [5.74, 6) is -2.34. The highest BCUT2D eigenvalue weighted by Gasteiger charge is 2.20. The van der Waals surface area contributed by atoms with E-state index in [0.717, 1.165) is 22.7 Å². The molecule has 1 heterocycles. The fourth-order valence-electron chi connectivity index (χ4n) is 2.19. The highest BCUT2D eigenvalue weighted by Crippen LogP contribution is 2.20. The number of rotatable bonds is 7. The molecule has 1 N–H and O–H groups in total. The molecule has 0 amide bonds. The standard InChI is InChI=1S/C14H17F2N3O4S/c1-3-4-19(24(2,21)22)8-10-6-11(15)9(5-12(10)16)7-13-17-18-14(20)23-13/h5-6H,3-4,7-8H2,1-2H3,(H,18,20). The Morgan fingerprint density at radius 1 is 1.25 bits per heavy atom. The van der Waals surface area contributed by atoms with Crippen LogP contribution in [0.5, 0.6) is 0 Å². The van der Waals surface area contributed by atoms with Gasteiger partial charge in [0.15, 0.2) is 0 Å². The fraction of sp³-hybridized carbons (Fsp3) is 0.429. The minimum atomic E-state index is -3.53. The van der Waals surface area contributed by atoms with E-state index >= 15 is 0 Å². The first-order chi connectivity index (χ1) is 11.2. The molecular weight excluding hydrogens is 344 g/mol. The molecule has 1 aromatic carbocycles. The second-order valence-corrected chi connectivity index (χ2v) is 7.30. The number of aromatic amines is 1. The second kappa shape index (κ2) is 7.22. The Labute approximate surface area is 137 Å². The van der Waals surface area contributed by atoms with E-state index < -0.39 is 27.4 Å². The molecule has 0 spiro atoms. The van der Waals surface area contributed by atoms with E-state index in [1.54, 1.807) is 6.92 Å². The molecule has 2 aromatic rings. The molecule has 0 aliphatic rings. The minimum absolute atomic E-state index is 0.0482. The van der Waals surface area contributed by atoms with Gasteiger partial charge < -0.3 is 4.42 Å². The largest absolute Gasteiger partial charge is 0.434 e. The van der Waals surface area contributed by atoms with E-state index in [9.17, 15) is 22.0 Å². The lowest BCUT2D eigenvalue weighted by molar-refractivity contribution is 0.400. The van der Waals surface area contributed by atoms with Crippen LogP contribution in [0.1, 0.15) is 30.4 Å². The molecule has 0 bridgehead atoms. The van der Waals surface area contributed by atoms with Crippen LogP contribution in [-0.4, -0.2) is 35.7 Å². The Morgan fingerprint density at radius 2 is 1.88 bits per heavy atom. The third kappa shape index (κ3) is 4.48. The van der Waals surface area contributed by atoms with E-state index in [0.29, 0.717) is 6.42 Å². The summed E-state index contributed by atoms with van der Waals surface area (Å²) in [6.07, 6.45) is 1.37. The summed E-state index contributed by atoms with van der Waals surface area (Å²) in [6.45, 7) is 1.74. The lowest BCUT2D eigenvalue weighted by atomic mass is 10.1. The summed E-state index contributed by atoms with van der Waals surface area (Å²) >= 11 is 0. The highest BCUT2D eigenvalue weighted by molar-refractivity contribution is 7.88. The molecule has 7 nitrogen and oxygen atoms in total. The zero-order valence-electron chi connectivity index (χ0n) is 13.2. The van der Waals surface area contributed by atoms with Crippen molar-refractivity contribution < 1.29 is 21.6 Å². The molecule has 10 heteroatoms. The molecule has 0 radical (unpaired) electrons. The molecule has 0 fully saturated rings. The summed E-state index contributed by atoms with van der Waals surface area (Å²) in [6, 6.07) is 1.90. The normalized spacial score (nSPS) is 12.0. The Kier molecular flexibility index (Phi) is 5.50. The lowest BCUT2D eigenvalue weighted by Gasteiger charge is -2.19. The summed E-state index contributed by atoms with van der Waals surface area (Å²) < 4.78 is 57.5. The van der Waals surface area contributed by atoms with Gasteiger partial charge in [0.2, 0.25) is 15.9 Å². The van der Waals surface area contributed by atoms with Crippen molar-refractivity contribution in [1.82, 2.24) is 14.5 Å². The molecular formula is C14H17F2N3O4S. The van der Waals surface area contributed by atoms with Gasteiger partial charge >= 0.3 is 5.76 Å². The number of hydrogen-bond acceptors (Lipinski definition) is 5. The van der Waals surface area contributed by atoms with Crippen LogP contribution >= 0.6 is 0 Å². The third-order valence-electron chi connectivity index (χ3n) is 3.33. The molecule has 2 rings (SSSR count). The maximum absolute atomic E-state index is 14.2. The zero-order valence-corrected chi connectivity index (χ0v) is 14.0. The van der Waals surface area contributed by atoms with Gasteiger partial charge in [-0.1, -0.05) is 6.92 Å². The summed E-state index contributed by atoms with van der Waals surface area (Å²) in [4.78, 5) is 10.8. The van der Waals surface area contributed by atoms with E-state index in [1.807, 2.05) is 5.10 Å². The van der Waals surface area contributed by atoms with Crippen LogP contribution in [0.3, 0.4) is 0 Å². The number of nitrogens with one attached hydrogen (secondary N) is 1. The summed E-state index contributed by atoms with van der Waals surface area (Å²) in [5.41, 5.74) is -0.119. The summed E-state index contributed by atoms with van der Waals surface area (Å²) in [7, 11) is -3.53. The number of hydrogen-bond donors (Lipinski definition) is 1. The number of H-pyrrole nitrogens is 1. The van der Waals surface area contributed by atoms with Gasteiger partial charge in [-0.05, 0) is 18.6 Å². The first kappa shape index (κ1) is 18.3. The van der Waals surface area contributed by atoms with Crippen LogP contribution in [-0.2, 0) is 23.0 Å². The van der Waals surface area contributed by atoms with Gasteiger partial charge in [0.05, 0.1) is 12.7 Å². The number of halogens is 2. The third-order valence-corrected chi connectivity index (χ3v) is 4.58. The van der Waals surface area contributed by atoms with Crippen molar-refractivity contribution in [2.24, 2.45) is 0 Å². The maximum Gasteiger partial charge on any atom is 0.434 e. The van der Waals surface area contributed by atoms with Crippen molar-refractivity contribution in [1.29, 1.82) is 0 Å². The number of benzene rings is 1. The molecule has 24 heavy (non-hydrogen) atoms. The van der Waals surface area contributed by atoms with E-state index in [2.05, 4.69) is 9.52 Å². The van der Waals surface area contributed by atoms with E-state index in [-0.39, 0.29) is 36.5 Å². The predicted octanol–water partition coefficient (Wildman–Crippen LogP) is 1.40. The van der Waals surface area contributed by atoms with Gasteiger partial charge in [-0.15, -0.1) is 5.10 Å². The van der Waals surface area contributed by atoms with Crippen LogP contribution < -0.4 is 5.76 Å². The van der Waals surface area contributed by atoms with E-state index in [4.69, 9.17) is 0 Å². The Morgan fingerprint density at radius 3 is 2.42 bits per heavy atom. The average Bonchev–Trinajstić information content (AvgIpc) is 2.88. The predicted molar refractivity (Wildman–Crippen MR) is 81.8 cm³/mol. The van der Waals surface area contributed by atoms with Crippen molar-refractivity contribution in [2.75, 3.05) is 12.8 Å². The molecule has 0 aliphatic carbocycles. The molecule has 1 aromatic heterocycles. The monoisotopic (exact) mass is 361 g/mol. The maximum atomic E-state index is 14.2. The molecule has 132 valence electrons. The fourth-order valence-corrected chi connectivity index (χ4v) is 3.07. The Bertz CT molecular complexity index is 876. The summed E-state index contributed by atoms with van der Waals surface area (Å²) in [5, 5.41) is 5.56. The molecule has 0 unspecified atom stereocenters.